The molecule has 1 fully saturated rings. The van der Waals surface area contributed by atoms with Crippen LogP contribution in [0.3, 0.4) is 0 Å². The van der Waals surface area contributed by atoms with E-state index in [1.54, 1.807) is 12.1 Å². The molecule has 0 aliphatic carbocycles. The molecule has 2 rings (SSSR count). The Bertz CT molecular complexity index is 572. The minimum Gasteiger partial charge on any atom is -0.480 e. The summed E-state index contributed by atoms with van der Waals surface area (Å²) in [6.45, 7) is 0.213. The molecule has 1 aromatic rings. The molecule has 1 N–H and O–H groups in total. The van der Waals surface area contributed by atoms with Crippen molar-refractivity contribution in [2.45, 2.75) is 23.8 Å². The summed E-state index contributed by atoms with van der Waals surface area (Å²) in [7, 11) is -3.84. The predicted molar refractivity (Wildman–Crippen MR) is 66.0 cm³/mol. The summed E-state index contributed by atoms with van der Waals surface area (Å²) >= 11 is 5.86. The minimum atomic E-state index is -3.84. The van der Waals surface area contributed by atoms with E-state index in [0.717, 1.165) is 4.31 Å². The van der Waals surface area contributed by atoms with Gasteiger partial charge in [-0.3, -0.25) is 4.79 Å². The molecule has 5 nitrogen and oxygen atoms in total. The van der Waals surface area contributed by atoms with Gasteiger partial charge in [0.1, 0.15) is 10.9 Å². The summed E-state index contributed by atoms with van der Waals surface area (Å²) in [5.41, 5.74) is 0. The van der Waals surface area contributed by atoms with Crippen LogP contribution in [0.4, 0.5) is 0 Å². The van der Waals surface area contributed by atoms with Gasteiger partial charge in [-0.05, 0) is 25.0 Å². The molecule has 98 valence electrons. The van der Waals surface area contributed by atoms with Crippen molar-refractivity contribution >= 4 is 27.6 Å². The van der Waals surface area contributed by atoms with Crippen LogP contribution in [0.2, 0.25) is 5.02 Å². The summed E-state index contributed by atoms with van der Waals surface area (Å²) in [4.78, 5) is 11.0. The van der Waals surface area contributed by atoms with Gasteiger partial charge < -0.3 is 5.11 Å². The number of carbonyl (C=O) groups is 1. The largest absolute Gasteiger partial charge is 0.480 e. The quantitative estimate of drug-likeness (QED) is 0.917. The second-order valence-electron chi connectivity index (χ2n) is 4.04. The van der Waals surface area contributed by atoms with Gasteiger partial charge in [0.2, 0.25) is 10.0 Å². The van der Waals surface area contributed by atoms with Crippen LogP contribution in [0.25, 0.3) is 0 Å². The minimum absolute atomic E-state index is 0.0418. The van der Waals surface area contributed by atoms with Gasteiger partial charge in [-0.1, -0.05) is 23.7 Å². The molecule has 1 aliphatic rings. The molecule has 0 spiro atoms. The lowest BCUT2D eigenvalue weighted by atomic mass is 10.2. The lowest BCUT2D eigenvalue weighted by molar-refractivity contribution is -0.140. The zero-order valence-electron chi connectivity index (χ0n) is 9.41. The fourth-order valence-electron chi connectivity index (χ4n) is 2.05. The smallest absolute Gasteiger partial charge is 0.322 e. The molecule has 1 aromatic carbocycles. The molecule has 1 atom stereocenters. The maximum absolute atomic E-state index is 12.3. The van der Waals surface area contributed by atoms with Crippen molar-refractivity contribution in [1.82, 2.24) is 4.31 Å². The second-order valence-corrected chi connectivity index (χ2v) is 6.31. The van der Waals surface area contributed by atoms with E-state index in [9.17, 15) is 13.2 Å². The van der Waals surface area contributed by atoms with Gasteiger partial charge >= 0.3 is 5.97 Å². The molecular weight excluding hydrogens is 278 g/mol. The Kier molecular flexibility index (Phi) is 3.61. The number of nitrogens with zero attached hydrogens (tertiary/aromatic N) is 1. The third-order valence-electron chi connectivity index (χ3n) is 2.91. The van der Waals surface area contributed by atoms with Gasteiger partial charge in [0.25, 0.3) is 0 Å². The number of rotatable bonds is 3. The average molecular weight is 290 g/mol. The average Bonchev–Trinajstić information content (AvgIpc) is 2.78. The molecule has 0 amide bonds. The Morgan fingerprint density at radius 3 is 2.67 bits per heavy atom. The number of hydrogen-bond donors (Lipinski definition) is 1. The van der Waals surface area contributed by atoms with E-state index in [1.807, 2.05) is 0 Å². The second kappa shape index (κ2) is 4.87. The molecule has 1 saturated heterocycles. The van der Waals surface area contributed by atoms with E-state index in [2.05, 4.69) is 0 Å². The Morgan fingerprint density at radius 1 is 1.39 bits per heavy atom. The van der Waals surface area contributed by atoms with Crippen molar-refractivity contribution in [3.05, 3.63) is 29.3 Å². The zero-order valence-corrected chi connectivity index (χ0v) is 11.0. The van der Waals surface area contributed by atoms with Gasteiger partial charge in [-0.15, -0.1) is 0 Å². The Labute approximate surface area is 110 Å². The van der Waals surface area contributed by atoms with Crippen LogP contribution in [0.1, 0.15) is 12.8 Å². The normalized spacial score (nSPS) is 21.1. The molecule has 7 heteroatoms. The van der Waals surface area contributed by atoms with Crippen molar-refractivity contribution in [3.8, 4) is 0 Å². The molecule has 0 bridgehead atoms. The van der Waals surface area contributed by atoms with Crippen LogP contribution in [0.5, 0.6) is 0 Å². The maximum Gasteiger partial charge on any atom is 0.322 e. The predicted octanol–water partition coefficient (Wildman–Crippen LogP) is 1.58. The zero-order chi connectivity index (χ0) is 13.3. The first-order valence-corrected chi connectivity index (χ1v) is 7.25. The summed E-state index contributed by atoms with van der Waals surface area (Å²) in [6, 6.07) is 5.05. The van der Waals surface area contributed by atoms with Crippen LogP contribution in [-0.4, -0.2) is 36.4 Å². The molecule has 1 heterocycles. The Morgan fingerprint density at radius 2 is 2.06 bits per heavy atom. The van der Waals surface area contributed by atoms with E-state index in [0.29, 0.717) is 12.8 Å². The topological polar surface area (TPSA) is 74.7 Å². The Hall–Kier alpha value is -1.11. The fourth-order valence-corrected chi connectivity index (χ4v) is 4.20. The van der Waals surface area contributed by atoms with Crippen molar-refractivity contribution in [3.63, 3.8) is 0 Å². The van der Waals surface area contributed by atoms with E-state index < -0.39 is 22.0 Å². The number of halogens is 1. The SMILES string of the molecule is O=C(O)[C@H]1CCCN1S(=O)(=O)c1ccccc1Cl. The highest BCUT2D eigenvalue weighted by Crippen LogP contribution is 2.29. The first kappa shape index (κ1) is 13.3. The lowest BCUT2D eigenvalue weighted by Gasteiger charge is -2.21. The number of benzene rings is 1. The van der Waals surface area contributed by atoms with Crippen LogP contribution in [-0.2, 0) is 14.8 Å². The summed E-state index contributed by atoms with van der Waals surface area (Å²) in [5, 5.41) is 9.13. The third kappa shape index (κ3) is 2.23. The molecule has 0 radical (unpaired) electrons. The molecule has 1 aliphatic heterocycles. The molecule has 18 heavy (non-hydrogen) atoms. The van der Waals surface area contributed by atoms with Crippen molar-refractivity contribution in [2.75, 3.05) is 6.54 Å². The van der Waals surface area contributed by atoms with Gasteiger partial charge in [0.05, 0.1) is 5.02 Å². The van der Waals surface area contributed by atoms with E-state index in [1.165, 1.54) is 12.1 Å². The first-order chi connectivity index (χ1) is 8.44. The first-order valence-electron chi connectivity index (χ1n) is 5.44. The van der Waals surface area contributed by atoms with Gasteiger partial charge in [0, 0.05) is 6.54 Å². The van der Waals surface area contributed by atoms with E-state index in [-0.39, 0.29) is 16.5 Å². The van der Waals surface area contributed by atoms with E-state index in [4.69, 9.17) is 16.7 Å². The highest BCUT2D eigenvalue weighted by atomic mass is 35.5. The van der Waals surface area contributed by atoms with E-state index >= 15 is 0 Å². The monoisotopic (exact) mass is 289 g/mol. The van der Waals surface area contributed by atoms with Crippen LogP contribution >= 0.6 is 11.6 Å². The molecule has 0 saturated carbocycles. The third-order valence-corrected chi connectivity index (χ3v) is 5.32. The highest BCUT2D eigenvalue weighted by molar-refractivity contribution is 7.89. The summed E-state index contributed by atoms with van der Waals surface area (Å²) in [5.74, 6) is -1.12. The highest BCUT2D eigenvalue weighted by Gasteiger charge is 2.40. The van der Waals surface area contributed by atoms with Crippen LogP contribution < -0.4 is 0 Å². The van der Waals surface area contributed by atoms with Crippen molar-refractivity contribution in [1.29, 1.82) is 0 Å². The summed E-state index contributed by atoms with van der Waals surface area (Å²) in [6.07, 6.45) is 0.875. The van der Waals surface area contributed by atoms with Crippen molar-refractivity contribution in [2.24, 2.45) is 0 Å². The number of hydrogen-bond acceptors (Lipinski definition) is 3. The van der Waals surface area contributed by atoms with Crippen LogP contribution in [0, 0.1) is 0 Å². The molecular formula is C11H12ClNO4S. The molecule has 0 unspecified atom stereocenters. The lowest BCUT2D eigenvalue weighted by Crippen LogP contribution is -2.40. The number of carboxylic acids is 1. The van der Waals surface area contributed by atoms with Crippen LogP contribution in [0.15, 0.2) is 29.2 Å². The van der Waals surface area contributed by atoms with Gasteiger partial charge in [-0.25, -0.2) is 8.42 Å². The maximum atomic E-state index is 12.3. The van der Waals surface area contributed by atoms with Gasteiger partial charge in [0.15, 0.2) is 0 Å². The molecule has 0 aromatic heterocycles. The standard InChI is InChI=1S/C11H12ClNO4S/c12-8-4-1-2-6-10(8)18(16,17)13-7-3-5-9(13)11(14)15/h1-2,4,6,9H,3,5,7H2,(H,14,15)/t9-/m1/s1. The van der Waals surface area contributed by atoms with Gasteiger partial charge in [-0.2, -0.15) is 4.31 Å². The fraction of sp³-hybridized carbons (Fsp3) is 0.364. The van der Waals surface area contributed by atoms with Crippen molar-refractivity contribution < 1.29 is 18.3 Å². The Balaban J connectivity index is 2.43. The number of carboxylic acid groups (broad SMARTS) is 1. The number of sulfonamides is 1. The number of aliphatic carboxylic acids is 1. The summed E-state index contributed by atoms with van der Waals surface area (Å²) < 4.78 is 25.7.